The molecule has 0 saturated carbocycles. The maximum Gasteiger partial charge on any atom is 0.0741 e. The van der Waals surface area contributed by atoms with Gasteiger partial charge in [-0.25, -0.2) is 0 Å². The Kier molecular flexibility index (Phi) is 4.81. The van der Waals surface area contributed by atoms with Crippen molar-refractivity contribution in [1.29, 1.82) is 0 Å². The average Bonchev–Trinajstić information content (AvgIpc) is 2.18. The molecule has 0 aromatic heterocycles. The fraction of sp³-hybridized carbons (Fsp3) is 0.846. The Morgan fingerprint density at radius 1 is 1.47 bits per heavy atom. The number of allylic oxidation sites excluding steroid dienone is 1. The van der Waals surface area contributed by atoms with E-state index in [0.717, 1.165) is 13.0 Å². The summed E-state index contributed by atoms with van der Waals surface area (Å²) in [5.41, 5.74) is 0.970. The van der Waals surface area contributed by atoms with Crippen LogP contribution in [-0.2, 0) is 0 Å². The molecule has 1 unspecified atom stereocenters. The molecule has 88 valence electrons. The number of hydrogen-bond acceptors (Lipinski definition) is 2. The largest absolute Gasteiger partial charge is 0.389 e. The van der Waals surface area contributed by atoms with Crippen LogP contribution < -0.4 is 5.32 Å². The summed E-state index contributed by atoms with van der Waals surface area (Å²) in [6, 6.07) is 0.154. The summed E-state index contributed by atoms with van der Waals surface area (Å²) in [5.74, 6) is 0. The molecule has 0 aromatic rings. The van der Waals surface area contributed by atoms with Crippen LogP contribution in [0.1, 0.15) is 52.9 Å². The van der Waals surface area contributed by atoms with E-state index in [0.29, 0.717) is 0 Å². The molecule has 1 atom stereocenters. The maximum atomic E-state index is 9.75. The lowest BCUT2D eigenvalue weighted by molar-refractivity contribution is 0.0446. The molecule has 0 fully saturated rings. The van der Waals surface area contributed by atoms with Gasteiger partial charge in [0.25, 0.3) is 0 Å². The van der Waals surface area contributed by atoms with Gasteiger partial charge in [0.2, 0.25) is 0 Å². The van der Waals surface area contributed by atoms with E-state index in [1.165, 1.54) is 25.7 Å². The molecule has 15 heavy (non-hydrogen) atoms. The van der Waals surface area contributed by atoms with Crippen molar-refractivity contribution in [3.8, 4) is 0 Å². The van der Waals surface area contributed by atoms with Crippen LogP contribution in [0.3, 0.4) is 0 Å². The van der Waals surface area contributed by atoms with Crippen LogP contribution in [0.4, 0.5) is 0 Å². The summed E-state index contributed by atoms with van der Waals surface area (Å²) in [4.78, 5) is 0. The highest BCUT2D eigenvalue weighted by atomic mass is 16.3. The van der Waals surface area contributed by atoms with Crippen LogP contribution in [-0.4, -0.2) is 23.3 Å². The fourth-order valence-electron chi connectivity index (χ4n) is 1.83. The van der Waals surface area contributed by atoms with E-state index in [1.807, 2.05) is 20.8 Å². The van der Waals surface area contributed by atoms with Crippen LogP contribution in [0.2, 0.25) is 0 Å². The lowest BCUT2D eigenvalue weighted by atomic mass is 9.96. The molecule has 0 amide bonds. The molecule has 0 aliphatic heterocycles. The van der Waals surface area contributed by atoms with Gasteiger partial charge in [-0.15, -0.1) is 0 Å². The van der Waals surface area contributed by atoms with Gasteiger partial charge in [0, 0.05) is 6.04 Å². The Hall–Kier alpha value is -0.340. The third-order valence-corrected chi connectivity index (χ3v) is 3.34. The zero-order chi connectivity index (χ0) is 11.3. The first-order chi connectivity index (χ1) is 7.00. The van der Waals surface area contributed by atoms with Crippen molar-refractivity contribution in [1.82, 2.24) is 5.32 Å². The molecule has 1 aliphatic carbocycles. The van der Waals surface area contributed by atoms with Gasteiger partial charge in [-0.2, -0.15) is 0 Å². The lowest BCUT2D eigenvalue weighted by Crippen LogP contribution is -2.44. The van der Waals surface area contributed by atoms with Crippen molar-refractivity contribution in [2.45, 2.75) is 64.5 Å². The topological polar surface area (TPSA) is 32.3 Å². The molecule has 0 aromatic carbocycles. The Morgan fingerprint density at radius 2 is 2.20 bits per heavy atom. The van der Waals surface area contributed by atoms with Gasteiger partial charge in [-0.1, -0.05) is 11.6 Å². The fourth-order valence-corrected chi connectivity index (χ4v) is 1.83. The number of aliphatic hydroxyl groups is 1. The third-order valence-electron chi connectivity index (χ3n) is 3.34. The molecule has 2 N–H and O–H groups in total. The quantitative estimate of drug-likeness (QED) is 0.685. The standard InChI is InChI=1S/C13H25NO/c1-11(13(2,3)15)14-10-9-12-7-5-4-6-8-12/h7,11,14-15H,4-6,8-10H2,1-3H3. The minimum atomic E-state index is -0.624. The minimum absolute atomic E-state index is 0.154. The molecule has 0 spiro atoms. The van der Waals surface area contributed by atoms with E-state index in [-0.39, 0.29) is 6.04 Å². The minimum Gasteiger partial charge on any atom is -0.389 e. The maximum absolute atomic E-state index is 9.75. The van der Waals surface area contributed by atoms with Gasteiger partial charge in [0.1, 0.15) is 0 Å². The number of rotatable bonds is 5. The molecule has 0 saturated heterocycles. The van der Waals surface area contributed by atoms with Crippen molar-refractivity contribution < 1.29 is 5.11 Å². The summed E-state index contributed by atoms with van der Waals surface area (Å²) in [6.45, 7) is 6.72. The number of hydrogen-bond donors (Lipinski definition) is 2. The van der Waals surface area contributed by atoms with E-state index in [9.17, 15) is 5.11 Å². The van der Waals surface area contributed by atoms with Crippen LogP contribution in [0, 0.1) is 0 Å². The number of nitrogens with one attached hydrogen (secondary N) is 1. The van der Waals surface area contributed by atoms with E-state index >= 15 is 0 Å². The first-order valence-electron chi connectivity index (χ1n) is 6.14. The highest BCUT2D eigenvalue weighted by Crippen LogP contribution is 2.19. The monoisotopic (exact) mass is 211 g/mol. The zero-order valence-electron chi connectivity index (χ0n) is 10.3. The van der Waals surface area contributed by atoms with Crippen molar-refractivity contribution in [2.75, 3.05) is 6.54 Å². The molecule has 0 bridgehead atoms. The second kappa shape index (κ2) is 5.66. The second-order valence-electron chi connectivity index (χ2n) is 5.19. The van der Waals surface area contributed by atoms with Gasteiger partial charge in [0.15, 0.2) is 0 Å². The first-order valence-corrected chi connectivity index (χ1v) is 6.14. The summed E-state index contributed by atoms with van der Waals surface area (Å²) < 4.78 is 0. The van der Waals surface area contributed by atoms with Crippen LogP contribution >= 0.6 is 0 Å². The van der Waals surface area contributed by atoms with Gasteiger partial charge >= 0.3 is 0 Å². The molecular weight excluding hydrogens is 186 g/mol. The SMILES string of the molecule is CC(NCCC1=CCCCC1)C(C)(C)O. The average molecular weight is 211 g/mol. The predicted molar refractivity (Wildman–Crippen MR) is 64.9 cm³/mol. The van der Waals surface area contributed by atoms with Crippen LogP contribution in [0.25, 0.3) is 0 Å². The van der Waals surface area contributed by atoms with Gasteiger partial charge in [-0.05, 0) is 59.4 Å². The van der Waals surface area contributed by atoms with E-state index < -0.39 is 5.60 Å². The van der Waals surface area contributed by atoms with E-state index in [1.54, 1.807) is 5.57 Å². The summed E-state index contributed by atoms with van der Waals surface area (Å²) in [5, 5.41) is 13.1. The molecular formula is C13H25NO. The van der Waals surface area contributed by atoms with Crippen molar-refractivity contribution >= 4 is 0 Å². The first kappa shape index (κ1) is 12.7. The van der Waals surface area contributed by atoms with Crippen LogP contribution in [0.15, 0.2) is 11.6 Å². The van der Waals surface area contributed by atoms with Crippen molar-refractivity contribution in [3.63, 3.8) is 0 Å². The Bertz CT molecular complexity index is 215. The summed E-state index contributed by atoms with van der Waals surface area (Å²) in [6.07, 6.45) is 8.78. The molecule has 2 heteroatoms. The zero-order valence-corrected chi connectivity index (χ0v) is 10.3. The molecule has 2 nitrogen and oxygen atoms in total. The summed E-state index contributed by atoms with van der Waals surface area (Å²) >= 11 is 0. The third kappa shape index (κ3) is 4.80. The van der Waals surface area contributed by atoms with E-state index in [2.05, 4.69) is 11.4 Å². The van der Waals surface area contributed by atoms with Gasteiger partial charge in [-0.3, -0.25) is 0 Å². The van der Waals surface area contributed by atoms with Crippen LogP contribution in [0.5, 0.6) is 0 Å². The normalized spacial score (nSPS) is 19.9. The Morgan fingerprint density at radius 3 is 2.73 bits per heavy atom. The molecule has 0 heterocycles. The molecule has 0 radical (unpaired) electrons. The highest BCUT2D eigenvalue weighted by Gasteiger charge is 2.21. The Labute approximate surface area is 93.8 Å². The second-order valence-corrected chi connectivity index (χ2v) is 5.19. The predicted octanol–water partition coefficient (Wildman–Crippen LogP) is 2.63. The lowest BCUT2D eigenvalue weighted by Gasteiger charge is -2.27. The highest BCUT2D eigenvalue weighted by molar-refractivity contribution is 5.05. The summed E-state index contributed by atoms with van der Waals surface area (Å²) in [7, 11) is 0. The molecule has 1 aliphatic rings. The van der Waals surface area contributed by atoms with Gasteiger partial charge < -0.3 is 10.4 Å². The van der Waals surface area contributed by atoms with Crippen molar-refractivity contribution in [2.24, 2.45) is 0 Å². The van der Waals surface area contributed by atoms with Gasteiger partial charge in [0.05, 0.1) is 5.60 Å². The smallest absolute Gasteiger partial charge is 0.0741 e. The van der Waals surface area contributed by atoms with E-state index in [4.69, 9.17) is 0 Å². The van der Waals surface area contributed by atoms with Crippen molar-refractivity contribution in [3.05, 3.63) is 11.6 Å². The molecule has 1 rings (SSSR count). The Balaban J connectivity index is 2.18.